The minimum Gasteiger partial charge on any atom is -0.491 e. The van der Waals surface area contributed by atoms with Gasteiger partial charge in [-0.1, -0.05) is 18.2 Å². The predicted octanol–water partition coefficient (Wildman–Crippen LogP) is 3.79. The summed E-state index contributed by atoms with van der Waals surface area (Å²) in [6.07, 6.45) is 2.80. The van der Waals surface area contributed by atoms with Gasteiger partial charge in [0.05, 0.1) is 12.4 Å². The summed E-state index contributed by atoms with van der Waals surface area (Å²) in [4.78, 5) is 0. The summed E-state index contributed by atoms with van der Waals surface area (Å²) >= 11 is 0. The van der Waals surface area contributed by atoms with Crippen molar-refractivity contribution in [3.8, 4) is 5.75 Å². The lowest BCUT2D eigenvalue weighted by Gasteiger charge is -2.17. The van der Waals surface area contributed by atoms with Crippen molar-refractivity contribution in [1.29, 1.82) is 0 Å². The third-order valence-electron chi connectivity index (χ3n) is 3.06. The predicted molar refractivity (Wildman–Crippen MR) is 80.9 cm³/mol. The highest BCUT2D eigenvalue weighted by Gasteiger charge is 2.08. The third-order valence-corrected chi connectivity index (χ3v) is 3.06. The number of benzene rings is 1. The Balaban J connectivity index is 1.90. The van der Waals surface area contributed by atoms with Crippen LogP contribution in [0.2, 0.25) is 0 Å². The molecule has 1 aromatic heterocycles. The van der Waals surface area contributed by atoms with E-state index in [4.69, 9.17) is 9.15 Å². The van der Waals surface area contributed by atoms with Crippen molar-refractivity contribution in [2.75, 3.05) is 0 Å². The number of rotatable bonds is 7. The summed E-state index contributed by atoms with van der Waals surface area (Å²) in [7, 11) is 0. The van der Waals surface area contributed by atoms with Gasteiger partial charge in [0.15, 0.2) is 0 Å². The Kier molecular flexibility index (Phi) is 5.24. The molecule has 0 saturated heterocycles. The Labute approximate surface area is 121 Å². The molecule has 2 rings (SSSR count). The summed E-state index contributed by atoms with van der Waals surface area (Å²) in [6.45, 7) is 7.05. The van der Waals surface area contributed by atoms with Crippen LogP contribution in [0.25, 0.3) is 0 Å². The molecule has 0 radical (unpaired) electrons. The van der Waals surface area contributed by atoms with Crippen LogP contribution < -0.4 is 10.1 Å². The summed E-state index contributed by atoms with van der Waals surface area (Å²) in [6, 6.07) is 12.5. The first-order valence-electron chi connectivity index (χ1n) is 7.15. The molecular weight excluding hydrogens is 250 g/mol. The van der Waals surface area contributed by atoms with E-state index in [0.29, 0.717) is 6.04 Å². The van der Waals surface area contributed by atoms with E-state index in [2.05, 4.69) is 18.3 Å². The van der Waals surface area contributed by atoms with Gasteiger partial charge in [0.2, 0.25) is 0 Å². The molecule has 1 aromatic carbocycles. The normalized spacial score (nSPS) is 12.6. The molecule has 0 bridgehead atoms. The van der Waals surface area contributed by atoms with Crippen LogP contribution in [0, 0.1) is 0 Å². The standard InChI is InChI=1S/C17H23NO2/c1-13(2)20-17-9-5-4-7-15(17)12-18-14(3)11-16-8-6-10-19-16/h4-10,13-14,18H,11-12H2,1-3H3. The molecule has 0 fully saturated rings. The van der Waals surface area contributed by atoms with Crippen LogP contribution in [0.5, 0.6) is 5.75 Å². The number of ether oxygens (including phenoxy) is 1. The first kappa shape index (κ1) is 14.7. The molecule has 0 spiro atoms. The van der Waals surface area contributed by atoms with Crippen LogP contribution in [0.15, 0.2) is 47.1 Å². The van der Waals surface area contributed by atoms with Crippen molar-refractivity contribution in [3.63, 3.8) is 0 Å². The summed E-state index contributed by atoms with van der Waals surface area (Å²) in [5.41, 5.74) is 1.19. The summed E-state index contributed by atoms with van der Waals surface area (Å²) in [5.74, 6) is 1.97. The fourth-order valence-electron chi connectivity index (χ4n) is 2.11. The van der Waals surface area contributed by atoms with Gasteiger partial charge in [0.1, 0.15) is 11.5 Å². The van der Waals surface area contributed by atoms with Gasteiger partial charge in [-0.3, -0.25) is 0 Å². The third kappa shape index (κ3) is 4.42. The Morgan fingerprint density at radius 3 is 2.60 bits per heavy atom. The van der Waals surface area contributed by atoms with Crippen molar-refractivity contribution in [2.24, 2.45) is 0 Å². The van der Waals surface area contributed by atoms with E-state index in [9.17, 15) is 0 Å². The number of hydrogen-bond donors (Lipinski definition) is 1. The van der Waals surface area contributed by atoms with Crippen molar-refractivity contribution in [2.45, 2.75) is 45.9 Å². The second-order valence-electron chi connectivity index (χ2n) is 5.34. The van der Waals surface area contributed by atoms with Gasteiger partial charge in [-0.05, 0) is 39.0 Å². The van der Waals surface area contributed by atoms with E-state index < -0.39 is 0 Å². The number of furan rings is 1. The molecule has 0 saturated carbocycles. The first-order chi connectivity index (χ1) is 9.65. The van der Waals surface area contributed by atoms with Crippen molar-refractivity contribution in [1.82, 2.24) is 5.32 Å². The van der Waals surface area contributed by atoms with Gasteiger partial charge in [-0.25, -0.2) is 0 Å². The van der Waals surface area contributed by atoms with Gasteiger partial charge >= 0.3 is 0 Å². The molecular formula is C17H23NO2. The lowest BCUT2D eigenvalue weighted by atomic mass is 10.1. The van der Waals surface area contributed by atoms with Crippen LogP contribution in [-0.4, -0.2) is 12.1 Å². The average molecular weight is 273 g/mol. The fourth-order valence-corrected chi connectivity index (χ4v) is 2.11. The molecule has 0 aliphatic carbocycles. The van der Waals surface area contributed by atoms with E-state index in [1.165, 1.54) is 5.56 Å². The topological polar surface area (TPSA) is 34.4 Å². The smallest absolute Gasteiger partial charge is 0.124 e. The van der Waals surface area contributed by atoms with Gasteiger partial charge in [-0.2, -0.15) is 0 Å². The minimum atomic E-state index is 0.191. The quantitative estimate of drug-likeness (QED) is 0.833. The summed E-state index contributed by atoms with van der Waals surface area (Å²) in [5, 5.41) is 3.51. The molecule has 1 atom stereocenters. The van der Waals surface area contributed by atoms with Gasteiger partial charge in [0, 0.05) is 24.6 Å². The van der Waals surface area contributed by atoms with Crippen LogP contribution >= 0.6 is 0 Å². The van der Waals surface area contributed by atoms with Gasteiger partial charge in [-0.15, -0.1) is 0 Å². The Morgan fingerprint density at radius 1 is 1.10 bits per heavy atom. The highest BCUT2D eigenvalue weighted by Crippen LogP contribution is 2.19. The first-order valence-corrected chi connectivity index (χ1v) is 7.15. The molecule has 0 aliphatic rings. The number of nitrogens with one attached hydrogen (secondary N) is 1. The lowest BCUT2D eigenvalue weighted by Crippen LogP contribution is -2.27. The molecule has 3 heteroatoms. The van der Waals surface area contributed by atoms with E-state index in [1.807, 2.05) is 44.2 Å². The Bertz CT molecular complexity index is 505. The van der Waals surface area contributed by atoms with E-state index in [-0.39, 0.29) is 6.10 Å². The molecule has 0 aliphatic heterocycles. The molecule has 1 heterocycles. The van der Waals surface area contributed by atoms with Crippen LogP contribution in [-0.2, 0) is 13.0 Å². The Hall–Kier alpha value is -1.74. The maximum Gasteiger partial charge on any atom is 0.124 e. The van der Waals surface area contributed by atoms with Crippen molar-refractivity contribution in [3.05, 3.63) is 54.0 Å². The fraction of sp³-hybridized carbons (Fsp3) is 0.412. The molecule has 1 N–H and O–H groups in total. The largest absolute Gasteiger partial charge is 0.491 e. The monoisotopic (exact) mass is 273 g/mol. The average Bonchev–Trinajstić information content (AvgIpc) is 2.90. The highest BCUT2D eigenvalue weighted by atomic mass is 16.5. The summed E-state index contributed by atoms with van der Waals surface area (Å²) < 4.78 is 11.2. The van der Waals surface area contributed by atoms with Crippen molar-refractivity contribution < 1.29 is 9.15 Å². The second-order valence-corrected chi connectivity index (χ2v) is 5.34. The second kappa shape index (κ2) is 7.15. The van der Waals surface area contributed by atoms with E-state index in [0.717, 1.165) is 24.5 Å². The number of para-hydroxylation sites is 1. The molecule has 3 nitrogen and oxygen atoms in total. The van der Waals surface area contributed by atoms with E-state index in [1.54, 1.807) is 6.26 Å². The highest BCUT2D eigenvalue weighted by molar-refractivity contribution is 5.33. The van der Waals surface area contributed by atoms with E-state index >= 15 is 0 Å². The SMILES string of the molecule is CC(Cc1ccco1)NCc1ccccc1OC(C)C. The van der Waals surface area contributed by atoms with Crippen LogP contribution in [0.1, 0.15) is 32.1 Å². The zero-order valence-corrected chi connectivity index (χ0v) is 12.4. The van der Waals surface area contributed by atoms with Gasteiger partial charge < -0.3 is 14.5 Å². The van der Waals surface area contributed by atoms with Gasteiger partial charge in [0.25, 0.3) is 0 Å². The molecule has 20 heavy (non-hydrogen) atoms. The van der Waals surface area contributed by atoms with Crippen molar-refractivity contribution >= 4 is 0 Å². The maximum absolute atomic E-state index is 5.82. The van der Waals surface area contributed by atoms with Crippen LogP contribution in [0.4, 0.5) is 0 Å². The molecule has 108 valence electrons. The molecule has 2 aromatic rings. The number of hydrogen-bond acceptors (Lipinski definition) is 3. The minimum absolute atomic E-state index is 0.191. The maximum atomic E-state index is 5.82. The zero-order valence-electron chi connectivity index (χ0n) is 12.4. The van der Waals surface area contributed by atoms with Crippen LogP contribution in [0.3, 0.4) is 0 Å². The lowest BCUT2D eigenvalue weighted by molar-refractivity contribution is 0.239. The Morgan fingerprint density at radius 2 is 1.90 bits per heavy atom. The zero-order chi connectivity index (χ0) is 14.4. The molecule has 1 unspecified atom stereocenters. The molecule has 0 amide bonds.